The minimum Gasteiger partial charge on any atom is -0.353 e. The maximum absolute atomic E-state index is 11.1. The first-order chi connectivity index (χ1) is 7.44. The van der Waals surface area contributed by atoms with Crippen molar-refractivity contribution in [1.29, 1.82) is 0 Å². The molecule has 0 aromatic rings. The van der Waals surface area contributed by atoms with Crippen molar-refractivity contribution in [2.24, 2.45) is 5.41 Å². The van der Waals surface area contributed by atoms with Gasteiger partial charge in [-0.1, -0.05) is 31.6 Å². The Morgan fingerprint density at radius 1 is 1.38 bits per heavy atom. The molecule has 0 bridgehead atoms. The summed E-state index contributed by atoms with van der Waals surface area (Å²) < 4.78 is 0. The van der Waals surface area contributed by atoms with E-state index >= 15 is 0 Å². The van der Waals surface area contributed by atoms with E-state index in [0.29, 0.717) is 6.54 Å². The molecule has 0 aromatic heterocycles. The third-order valence-electron chi connectivity index (χ3n) is 3.06. The highest BCUT2D eigenvalue weighted by molar-refractivity contribution is 5.87. The number of rotatable bonds is 6. The molecule has 16 heavy (non-hydrogen) atoms. The molecule has 0 aliphatic rings. The monoisotopic (exact) mass is 223 g/mol. The number of carbonyl (C=O) groups is 1. The van der Waals surface area contributed by atoms with Crippen LogP contribution in [-0.2, 0) is 4.79 Å². The van der Waals surface area contributed by atoms with Crippen molar-refractivity contribution in [3.8, 4) is 0 Å². The number of nitrogens with one attached hydrogen (secondary N) is 1. The van der Waals surface area contributed by atoms with Gasteiger partial charge in [0, 0.05) is 6.54 Å². The van der Waals surface area contributed by atoms with Gasteiger partial charge in [0.2, 0.25) is 5.91 Å². The standard InChI is InChI=1S/C14H25NO/c1-6-12(3)14(4,5)11-9-8-10-13(16)15-7-2/h6,8,10H,7,9,11H2,1-5H3,(H,15,16)/b10-8+,12-6?. The lowest BCUT2D eigenvalue weighted by Gasteiger charge is -2.25. The fourth-order valence-corrected chi connectivity index (χ4v) is 1.46. The predicted octanol–water partition coefficient (Wildman–Crippen LogP) is 3.45. The van der Waals surface area contributed by atoms with E-state index in [9.17, 15) is 4.79 Å². The highest BCUT2D eigenvalue weighted by Crippen LogP contribution is 2.31. The van der Waals surface area contributed by atoms with Crippen molar-refractivity contribution >= 4 is 5.91 Å². The first-order valence-electron chi connectivity index (χ1n) is 6.01. The maximum Gasteiger partial charge on any atom is 0.243 e. The zero-order valence-corrected chi connectivity index (χ0v) is 11.3. The minimum atomic E-state index is 0.00283. The van der Waals surface area contributed by atoms with E-state index in [-0.39, 0.29) is 11.3 Å². The van der Waals surface area contributed by atoms with Crippen LogP contribution in [-0.4, -0.2) is 12.5 Å². The third-order valence-corrected chi connectivity index (χ3v) is 3.06. The summed E-state index contributed by atoms with van der Waals surface area (Å²) in [6.45, 7) is 11.3. The van der Waals surface area contributed by atoms with E-state index in [1.54, 1.807) is 6.08 Å². The lowest BCUT2D eigenvalue weighted by molar-refractivity contribution is -0.116. The van der Waals surface area contributed by atoms with Crippen LogP contribution >= 0.6 is 0 Å². The fraction of sp³-hybridized carbons (Fsp3) is 0.643. The van der Waals surface area contributed by atoms with Crippen LogP contribution in [0.4, 0.5) is 0 Å². The summed E-state index contributed by atoms with van der Waals surface area (Å²) in [5.74, 6) is 0.00283. The van der Waals surface area contributed by atoms with E-state index < -0.39 is 0 Å². The van der Waals surface area contributed by atoms with Crippen LogP contribution in [0.15, 0.2) is 23.8 Å². The number of allylic oxidation sites excluding steroid dienone is 3. The Hall–Kier alpha value is -1.05. The molecule has 0 saturated carbocycles. The molecule has 0 aromatic carbocycles. The molecule has 0 saturated heterocycles. The topological polar surface area (TPSA) is 29.1 Å². The molecule has 1 N–H and O–H groups in total. The van der Waals surface area contributed by atoms with Gasteiger partial charge in [0.1, 0.15) is 0 Å². The maximum atomic E-state index is 11.1. The average molecular weight is 223 g/mol. The summed E-state index contributed by atoms with van der Waals surface area (Å²) in [5, 5.41) is 2.74. The number of likely N-dealkylation sites (N-methyl/N-ethyl adjacent to an activating group) is 1. The van der Waals surface area contributed by atoms with Crippen molar-refractivity contribution in [2.75, 3.05) is 6.54 Å². The molecule has 0 radical (unpaired) electrons. The van der Waals surface area contributed by atoms with Gasteiger partial charge in [0.15, 0.2) is 0 Å². The summed E-state index contributed by atoms with van der Waals surface area (Å²) in [4.78, 5) is 11.1. The molecule has 0 heterocycles. The molecule has 0 spiro atoms. The first kappa shape index (κ1) is 14.9. The highest BCUT2D eigenvalue weighted by Gasteiger charge is 2.17. The molecule has 0 atom stereocenters. The summed E-state index contributed by atoms with van der Waals surface area (Å²) in [5.41, 5.74) is 1.62. The molecule has 92 valence electrons. The van der Waals surface area contributed by atoms with E-state index in [2.05, 4.69) is 39.1 Å². The van der Waals surface area contributed by atoms with Gasteiger partial charge in [-0.2, -0.15) is 0 Å². The van der Waals surface area contributed by atoms with Crippen molar-refractivity contribution in [2.45, 2.75) is 47.5 Å². The molecule has 0 rings (SSSR count). The Labute approximate surface area is 99.8 Å². The number of carbonyl (C=O) groups excluding carboxylic acids is 1. The van der Waals surface area contributed by atoms with E-state index in [4.69, 9.17) is 0 Å². The van der Waals surface area contributed by atoms with E-state index in [0.717, 1.165) is 12.8 Å². The van der Waals surface area contributed by atoms with Gasteiger partial charge in [0.25, 0.3) is 0 Å². The first-order valence-corrected chi connectivity index (χ1v) is 6.01. The van der Waals surface area contributed by atoms with Crippen molar-refractivity contribution in [3.05, 3.63) is 23.8 Å². The van der Waals surface area contributed by atoms with Crippen LogP contribution in [0, 0.1) is 5.41 Å². The molecule has 0 unspecified atom stereocenters. The van der Waals surface area contributed by atoms with Crippen molar-refractivity contribution in [1.82, 2.24) is 5.32 Å². The smallest absolute Gasteiger partial charge is 0.243 e. The van der Waals surface area contributed by atoms with Gasteiger partial charge in [-0.25, -0.2) is 0 Å². The van der Waals surface area contributed by atoms with Crippen LogP contribution in [0.2, 0.25) is 0 Å². The minimum absolute atomic E-state index is 0.00283. The van der Waals surface area contributed by atoms with Gasteiger partial charge in [-0.3, -0.25) is 4.79 Å². The lowest BCUT2D eigenvalue weighted by atomic mass is 9.81. The second-order valence-electron chi connectivity index (χ2n) is 4.69. The molecular weight excluding hydrogens is 198 g/mol. The Bertz CT molecular complexity index is 274. The Morgan fingerprint density at radius 3 is 2.50 bits per heavy atom. The van der Waals surface area contributed by atoms with Crippen LogP contribution in [0.1, 0.15) is 47.5 Å². The van der Waals surface area contributed by atoms with E-state index in [1.807, 2.05) is 13.0 Å². The average Bonchev–Trinajstić information content (AvgIpc) is 2.23. The molecule has 2 nitrogen and oxygen atoms in total. The van der Waals surface area contributed by atoms with Gasteiger partial charge in [0.05, 0.1) is 0 Å². The third kappa shape index (κ3) is 5.74. The zero-order chi connectivity index (χ0) is 12.6. The van der Waals surface area contributed by atoms with Crippen LogP contribution in [0.5, 0.6) is 0 Å². The summed E-state index contributed by atoms with van der Waals surface area (Å²) in [6, 6.07) is 0. The molecule has 0 fully saturated rings. The largest absolute Gasteiger partial charge is 0.353 e. The number of amides is 1. The van der Waals surface area contributed by atoms with Gasteiger partial charge in [-0.15, -0.1) is 0 Å². The predicted molar refractivity (Wildman–Crippen MR) is 70.3 cm³/mol. The molecule has 0 aliphatic heterocycles. The second-order valence-corrected chi connectivity index (χ2v) is 4.69. The van der Waals surface area contributed by atoms with Gasteiger partial charge < -0.3 is 5.32 Å². The Kier molecular flexibility index (Phi) is 6.78. The zero-order valence-electron chi connectivity index (χ0n) is 11.3. The van der Waals surface area contributed by atoms with Gasteiger partial charge >= 0.3 is 0 Å². The SMILES string of the molecule is CC=C(C)C(C)(C)CC/C=C/C(=O)NCC. The summed E-state index contributed by atoms with van der Waals surface area (Å²) >= 11 is 0. The van der Waals surface area contributed by atoms with E-state index in [1.165, 1.54) is 5.57 Å². The second kappa shape index (κ2) is 7.26. The Balaban J connectivity index is 4.03. The normalized spacial score (nSPS) is 13.2. The molecular formula is C14H25NO. The Morgan fingerprint density at radius 2 is 2.00 bits per heavy atom. The van der Waals surface area contributed by atoms with Crippen LogP contribution in [0.25, 0.3) is 0 Å². The van der Waals surface area contributed by atoms with Gasteiger partial charge in [-0.05, 0) is 45.1 Å². The molecule has 1 amide bonds. The van der Waals surface area contributed by atoms with Crippen LogP contribution in [0.3, 0.4) is 0 Å². The van der Waals surface area contributed by atoms with Crippen molar-refractivity contribution < 1.29 is 4.79 Å². The molecule has 0 aliphatic carbocycles. The molecule has 2 heteroatoms. The number of hydrogen-bond acceptors (Lipinski definition) is 1. The van der Waals surface area contributed by atoms with Crippen molar-refractivity contribution in [3.63, 3.8) is 0 Å². The lowest BCUT2D eigenvalue weighted by Crippen LogP contribution is -2.19. The number of hydrogen-bond donors (Lipinski definition) is 1. The highest BCUT2D eigenvalue weighted by atomic mass is 16.1. The quantitative estimate of drug-likeness (QED) is 0.542. The summed E-state index contributed by atoms with van der Waals surface area (Å²) in [7, 11) is 0. The fourth-order valence-electron chi connectivity index (χ4n) is 1.46. The van der Waals surface area contributed by atoms with Crippen LogP contribution < -0.4 is 5.32 Å². The summed E-state index contributed by atoms with van der Waals surface area (Å²) in [6.07, 6.45) is 7.75.